The van der Waals surface area contributed by atoms with Gasteiger partial charge in [0.25, 0.3) is 0 Å². The molecule has 0 bridgehead atoms. The number of methoxy groups -OCH3 is 1. The molecule has 0 aliphatic carbocycles. The number of rotatable bonds is 7. The van der Waals surface area contributed by atoms with Gasteiger partial charge >= 0.3 is 5.97 Å². The van der Waals surface area contributed by atoms with Crippen LogP contribution in [0.2, 0.25) is 0 Å². The minimum Gasteiger partial charge on any atom is -0.497 e. The molecule has 0 fully saturated rings. The second kappa shape index (κ2) is 8.98. The number of nitrogens with one attached hydrogen (secondary N) is 1. The molecule has 0 unspecified atom stereocenters. The van der Waals surface area contributed by atoms with E-state index in [-0.39, 0.29) is 18.3 Å². The quantitative estimate of drug-likeness (QED) is 0.613. The van der Waals surface area contributed by atoms with Gasteiger partial charge in [0.05, 0.1) is 30.7 Å². The van der Waals surface area contributed by atoms with Gasteiger partial charge in [0.15, 0.2) is 0 Å². The Morgan fingerprint density at radius 3 is 2.46 bits per heavy atom. The maximum atomic E-state index is 12.1. The summed E-state index contributed by atoms with van der Waals surface area (Å²) in [6.07, 6.45) is 0. The Balaban J connectivity index is 1.95. The summed E-state index contributed by atoms with van der Waals surface area (Å²) in [5.74, 6) is 0.375. The highest BCUT2D eigenvalue weighted by Crippen LogP contribution is 2.22. The summed E-state index contributed by atoms with van der Waals surface area (Å²) in [7, 11) is 1.61. The van der Waals surface area contributed by atoms with Crippen LogP contribution in [0.1, 0.15) is 17.3 Å². The molecule has 0 aliphatic heterocycles. The Hall–Kier alpha value is -2.47. The maximum absolute atomic E-state index is 12.1. The van der Waals surface area contributed by atoms with Crippen molar-refractivity contribution in [3.63, 3.8) is 0 Å². The lowest BCUT2D eigenvalue weighted by atomic mass is 10.2. The number of hydrogen-bond donors (Lipinski definition) is 1. The molecule has 2 aromatic carbocycles. The SMILES string of the molecule is CCOC(=O)c1ccccc1NC(=O)CSc1ccc(OC)cc1. The van der Waals surface area contributed by atoms with Gasteiger partial charge in [-0.15, -0.1) is 11.8 Å². The van der Waals surface area contributed by atoms with E-state index >= 15 is 0 Å². The van der Waals surface area contributed by atoms with Crippen LogP contribution < -0.4 is 10.1 Å². The van der Waals surface area contributed by atoms with Crippen molar-refractivity contribution in [3.05, 3.63) is 54.1 Å². The first-order chi connectivity index (χ1) is 11.6. The molecule has 6 heteroatoms. The molecular formula is C18H19NO4S. The number of carbonyl (C=O) groups is 2. The van der Waals surface area contributed by atoms with E-state index in [2.05, 4.69) is 5.32 Å². The first-order valence-corrected chi connectivity index (χ1v) is 8.45. The Morgan fingerprint density at radius 2 is 1.79 bits per heavy atom. The molecule has 0 heterocycles. The zero-order chi connectivity index (χ0) is 17.4. The summed E-state index contributed by atoms with van der Waals surface area (Å²) in [6.45, 7) is 2.03. The fraction of sp³-hybridized carbons (Fsp3) is 0.222. The van der Waals surface area contributed by atoms with Gasteiger partial charge in [0.2, 0.25) is 5.91 Å². The molecule has 0 aromatic heterocycles. The number of esters is 1. The normalized spacial score (nSPS) is 10.1. The number of amides is 1. The third kappa shape index (κ3) is 5.03. The fourth-order valence-corrected chi connectivity index (χ4v) is 2.68. The molecule has 2 rings (SSSR count). The van der Waals surface area contributed by atoms with Gasteiger partial charge in [-0.3, -0.25) is 4.79 Å². The molecule has 0 radical (unpaired) electrons. The van der Waals surface area contributed by atoms with E-state index in [4.69, 9.17) is 9.47 Å². The highest BCUT2D eigenvalue weighted by Gasteiger charge is 2.14. The highest BCUT2D eigenvalue weighted by molar-refractivity contribution is 8.00. The number of ether oxygens (including phenoxy) is 2. The minimum absolute atomic E-state index is 0.187. The topological polar surface area (TPSA) is 64.6 Å². The van der Waals surface area contributed by atoms with E-state index in [1.165, 1.54) is 11.8 Å². The summed E-state index contributed by atoms with van der Waals surface area (Å²) < 4.78 is 10.1. The lowest BCUT2D eigenvalue weighted by Crippen LogP contribution is -2.17. The van der Waals surface area contributed by atoms with Crippen molar-refractivity contribution in [3.8, 4) is 5.75 Å². The molecule has 0 spiro atoms. The molecule has 1 N–H and O–H groups in total. The molecule has 5 nitrogen and oxygen atoms in total. The van der Waals surface area contributed by atoms with Crippen LogP contribution in [0, 0.1) is 0 Å². The molecule has 24 heavy (non-hydrogen) atoms. The van der Waals surface area contributed by atoms with Crippen molar-refractivity contribution in [2.24, 2.45) is 0 Å². The van der Waals surface area contributed by atoms with Gasteiger partial charge < -0.3 is 14.8 Å². The zero-order valence-electron chi connectivity index (χ0n) is 13.6. The van der Waals surface area contributed by atoms with Gasteiger partial charge in [-0.25, -0.2) is 4.79 Å². The van der Waals surface area contributed by atoms with Crippen LogP contribution in [0.4, 0.5) is 5.69 Å². The summed E-state index contributed by atoms with van der Waals surface area (Å²) in [5, 5.41) is 2.76. The molecule has 126 valence electrons. The Bertz CT molecular complexity index is 700. The Morgan fingerprint density at radius 1 is 1.08 bits per heavy atom. The van der Waals surface area contributed by atoms with E-state index in [1.807, 2.05) is 24.3 Å². The summed E-state index contributed by atoms with van der Waals surface area (Å²) in [5.41, 5.74) is 0.804. The third-order valence-electron chi connectivity index (χ3n) is 3.13. The van der Waals surface area contributed by atoms with E-state index in [0.717, 1.165) is 10.6 Å². The van der Waals surface area contributed by atoms with Crippen LogP contribution in [0.25, 0.3) is 0 Å². The fourth-order valence-electron chi connectivity index (χ4n) is 1.99. The van der Waals surface area contributed by atoms with Crippen molar-refractivity contribution in [2.75, 3.05) is 24.8 Å². The molecule has 1 amide bonds. The van der Waals surface area contributed by atoms with E-state index < -0.39 is 5.97 Å². The second-order valence-electron chi connectivity index (χ2n) is 4.78. The lowest BCUT2D eigenvalue weighted by Gasteiger charge is -2.10. The smallest absolute Gasteiger partial charge is 0.340 e. The molecular weight excluding hydrogens is 326 g/mol. The first kappa shape index (κ1) is 17.9. The van der Waals surface area contributed by atoms with Crippen molar-refractivity contribution < 1.29 is 19.1 Å². The Labute approximate surface area is 145 Å². The number of para-hydroxylation sites is 1. The van der Waals surface area contributed by atoms with Crippen LogP contribution in [-0.4, -0.2) is 31.3 Å². The molecule has 0 aliphatic rings. The van der Waals surface area contributed by atoms with Crippen LogP contribution >= 0.6 is 11.8 Å². The Kier molecular flexibility index (Phi) is 6.69. The average molecular weight is 345 g/mol. The van der Waals surface area contributed by atoms with Gasteiger partial charge in [-0.1, -0.05) is 12.1 Å². The van der Waals surface area contributed by atoms with Crippen LogP contribution in [-0.2, 0) is 9.53 Å². The van der Waals surface area contributed by atoms with Crippen LogP contribution in [0.15, 0.2) is 53.4 Å². The third-order valence-corrected chi connectivity index (χ3v) is 4.14. The van der Waals surface area contributed by atoms with E-state index in [1.54, 1.807) is 38.3 Å². The summed E-state index contributed by atoms with van der Waals surface area (Å²) >= 11 is 1.41. The number of carbonyl (C=O) groups excluding carboxylic acids is 2. The molecule has 2 aromatic rings. The van der Waals surface area contributed by atoms with Gasteiger partial charge in [-0.05, 0) is 43.3 Å². The predicted molar refractivity (Wildman–Crippen MR) is 94.7 cm³/mol. The van der Waals surface area contributed by atoms with E-state index in [9.17, 15) is 9.59 Å². The highest BCUT2D eigenvalue weighted by atomic mass is 32.2. The van der Waals surface area contributed by atoms with Crippen molar-refractivity contribution >= 4 is 29.3 Å². The zero-order valence-corrected chi connectivity index (χ0v) is 14.4. The number of hydrogen-bond acceptors (Lipinski definition) is 5. The molecule has 0 saturated heterocycles. The largest absolute Gasteiger partial charge is 0.497 e. The standard InChI is InChI=1S/C18H19NO4S/c1-3-23-18(21)15-6-4-5-7-16(15)19-17(20)12-24-14-10-8-13(22-2)9-11-14/h4-11H,3,12H2,1-2H3,(H,19,20). The lowest BCUT2D eigenvalue weighted by molar-refractivity contribution is -0.113. The number of benzene rings is 2. The van der Waals surface area contributed by atoms with Gasteiger partial charge in [0, 0.05) is 4.90 Å². The average Bonchev–Trinajstić information content (AvgIpc) is 2.61. The van der Waals surface area contributed by atoms with Crippen molar-refractivity contribution in [1.82, 2.24) is 0 Å². The van der Waals surface area contributed by atoms with Crippen LogP contribution in [0.3, 0.4) is 0 Å². The molecule has 0 atom stereocenters. The summed E-state index contributed by atoms with van der Waals surface area (Å²) in [6, 6.07) is 14.3. The predicted octanol–water partition coefficient (Wildman–Crippen LogP) is 3.60. The number of anilines is 1. The van der Waals surface area contributed by atoms with Crippen LogP contribution in [0.5, 0.6) is 5.75 Å². The minimum atomic E-state index is -0.448. The maximum Gasteiger partial charge on any atom is 0.340 e. The van der Waals surface area contributed by atoms with Crippen molar-refractivity contribution in [1.29, 1.82) is 0 Å². The first-order valence-electron chi connectivity index (χ1n) is 7.47. The van der Waals surface area contributed by atoms with E-state index in [0.29, 0.717) is 11.3 Å². The second-order valence-corrected chi connectivity index (χ2v) is 5.83. The van der Waals surface area contributed by atoms with Gasteiger partial charge in [0.1, 0.15) is 5.75 Å². The van der Waals surface area contributed by atoms with Gasteiger partial charge in [-0.2, -0.15) is 0 Å². The summed E-state index contributed by atoms with van der Waals surface area (Å²) in [4.78, 5) is 25.0. The monoisotopic (exact) mass is 345 g/mol. The van der Waals surface area contributed by atoms with Crippen molar-refractivity contribution in [2.45, 2.75) is 11.8 Å². The molecule has 0 saturated carbocycles. The number of thioether (sulfide) groups is 1.